The summed E-state index contributed by atoms with van der Waals surface area (Å²) in [7, 11) is 0. The van der Waals surface area contributed by atoms with Gasteiger partial charge in [0.15, 0.2) is 0 Å². The fraction of sp³-hybridized carbons (Fsp3) is 0.462. The molecule has 0 saturated carbocycles. The fourth-order valence-electron chi connectivity index (χ4n) is 2.01. The van der Waals surface area contributed by atoms with Crippen LogP contribution in [-0.4, -0.2) is 18.5 Å². The third-order valence-corrected chi connectivity index (χ3v) is 3.92. The lowest BCUT2D eigenvalue weighted by Gasteiger charge is -2.17. The highest BCUT2D eigenvalue weighted by Gasteiger charge is 2.20. The highest BCUT2D eigenvalue weighted by Crippen LogP contribution is 2.21. The van der Waals surface area contributed by atoms with E-state index in [4.69, 9.17) is 0 Å². The van der Waals surface area contributed by atoms with Gasteiger partial charge < -0.3 is 10.6 Å². The zero-order valence-corrected chi connectivity index (χ0v) is 11.5. The maximum atomic E-state index is 11.8. The highest BCUT2D eigenvalue weighted by atomic mass is 79.9. The Morgan fingerprint density at radius 1 is 1.41 bits per heavy atom. The first kappa shape index (κ1) is 12.4. The third kappa shape index (κ3) is 3.22. The van der Waals surface area contributed by atoms with Crippen LogP contribution in [0.15, 0.2) is 22.7 Å². The molecule has 1 atom stereocenters. The molecule has 0 aliphatic carbocycles. The molecule has 1 aliphatic heterocycles. The quantitative estimate of drug-likeness (QED) is 0.881. The molecule has 1 aliphatic rings. The van der Waals surface area contributed by atoms with Gasteiger partial charge >= 0.3 is 0 Å². The molecule has 1 fully saturated rings. The van der Waals surface area contributed by atoms with E-state index in [1.54, 1.807) is 0 Å². The molecule has 4 heteroatoms. The van der Waals surface area contributed by atoms with Crippen molar-refractivity contribution in [2.24, 2.45) is 0 Å². The minimum atomic E-state index is -0.0990. The molecule has 1 amide bonds. The molecule has 17 heavy (non-hydrogen) atoms. The van der Waals surface area contributed by atoms with Crippen molar-refractivity contribution in [3.05, 3.63) is 28.2 Å². The van der Waals surface area contributed by atoms with Crippen LogP contribution < -0.4 is 10.6 Å². The van der Waals surface area contributed by atoms with E-state index in [0.29, 0.717) is 0 Å². The molecule has 0 bridgehead atoms. The van der Waals surface area contributed by atoms with Crippen molar-refractivity contribution in [2.75, 3.05) is 11.9 Å². The third-order valence-electron chi connectivity index (χ3n) is 3.03. The van der Waals surface area contributed by atoms with Gasteiger partial charge in [0.1, 0.15) is 6.04 Å². The lowest BCUT2D eigenvalue weighted by Crippen LogP contribution is -2.37. The van der Waals surface area contributed by atoms with Gasteiger partial charge in [-0.1, -0.05) is 15.9 Å². The second-order valence-corrected chi connectivity index (χ2v) is 5.30. The summed E-state index contributed by atoms with van der Waals surface area (Å²) in [4.78, 5) is 11.8. The lowest BCUT2D eigenvalue weighted by atomic mass is 10.1. The van der Waals surface area contributed by atoms with Gasteiger partial charge in [0.2, 0.25) is 5.91 Å². The van der Waals surface area contributed by atoms with Crippen LogP contribution in [0.4, 0.5) is 5.69 Å². The summed E-state index contributed by atoms with van der Waals surface area (Å²) in [5.41, 5.74) is 2.18. The standard InChI is InChI=1S/C13H17BrN2O/c1-9-8-10(5-6-11(9)14)16-12-4-2-3-7-15-13(12)17/h5-6,8,12,16H,2-4,7H2,1H3,(H,15,17). The number of hydrogen-bond acceptors (Lipinski definition) is 2. The first-order valence-corrected chi connectivity index (χ1v) is 6.76. The Labute approximate surface area is 110 Å². The van der Waals surface area contributed by atoms with Gasteiger partial charge in [-0.05, 0) is 49.9 Å². The summed E-state index contributed by atoms with van der Waals surface area (Å²) >= 11 is 3.47. The minimum Gasteiger partial charge on any atom is -0.374 e. The number of carbonyl (C=O) groups excluding carboxylic acids is 1. The number of aryl methyl sites for hydroxylation is 1. The SMILES string of the molecule is Cc1cc(NC2CCCCNC2=O)ccc1Br. The van der Waals surface area contributed by atoms with E-state index in [-0.39, 0.29) is 11.9 Å². The number of hydrogen-bond donors (Lipinski definition) is 2. The second kappa shape index (κ2) is 5.54. The Morgan fingerprint density at radius 3 is 3.00 bits per heavy atom. The van der Waals surface area contributed by atoms with Gasteiger partial charge in [-0.3, -0.25) is 4.79 Å². The molecule has 1 aromatic carbocycles. The molecule has 1 heterocycles. The van der Waals surface area contributed by atoms with Crippen LogP contribution in [0.3, 0.4) is 0 Å². The van der Waals surface area contributed by atoms with Gasteiger partial charge in [0.25, 0.3) is 0 Å². The Kier molecular flexibility index (Phi) is 4.05. The monoisotopic (exact) mass is 296 g/mol. The van der Waals surface area contributed by atoms with E-state index in [9.17, 15) is 4.79 Å². The van der Waals surface area contributed by atoms with Gasteiger partial charge in [0, 0.05) is 16.7 Å². The molecule has 1 unspecified atom stereocenters. The van der Waals surface area contributed by atoms with Crippen LogP contribution in [-0.2, 0) is 4.79 Å². The number of halogens is 1. The molecule has 0 radical (unpaired) electrons. The Hall–Kier alpha value is -1.03. The maximum absolute atomic E-state index is 11.8. The molecular formula is C13H17BrN2O. The van der Waals surface area contributed by atoms with Gasteiger partial charge in [-0.25, -0.2) is 0 Å². The number of nitrogens with one attached hydrogen (secondary N) is 2. The lowest BCUT2D eigenvalue weighted by molar-refractivity contribution is -0.121. The molecule has 1 saturated heterocycles. The first-order chi connectivity index (χ1) is 8.16. The zero-order chi connectivity index (χ0) is 12.3. The molecular weight excluding hydrogens is 280 g/mol. The van der Waals surface area contributed by atoms with E-state index in [0.717, 1.165) is 36.0 Å². The van der Waals surface area contributed by atoms with Crippen molar-refractivity contribution in [1.29, 1.82) is 0 Å². The zero-order valence-electron chi connectivity index (χ0n) is 9.92. The average molecular weight is 297 g/mol. The molecule has 2 rings (SSSR count). The van der Waals surface area contributed by atoms with Crippen molar-refractivity contribution in [3.8, 4) is 0 Å². The van der Waals surface area contributed by atoms with E-state index in [1.165, 1.54) is 5.56 Å². The summed E-state index contributed by atoms with van der Waals surface area (Å²) in [6.45, 7) is 2.85. The Morgan fingerprint density at radius 2 is 2.24 bits per heavy atom. The molecule has 0 aromatic heterocycles. The predicted octanol–water partition coefficient (Wildman–Crippen LogP) is 2.84. The Balaban J connectivity index is 2.08. The van der Waals surface area contributed by atoms with Gasteiger partial charge in [0.05, 0.1) is 0 Å². The van der Waals surface area contributed by atoms with Gasteiger partial charge in [-0.2, -0.15) is 0 Å². The van der Waals surface area contributed by atoms with E-state index in [1.807, 2.05) is 19.1 Å². The topological polar surface area (TPSA) is 41.1 Å². The Bertz CT molecular complexity index is 420. The van der Waals surface area contributed by atoms with Crippen LogP contribution in [0.1, 0.15) is 24.8 Å². The summed E-state index contributed by atoms with van der Waals surface area (Å²) in [5.74, 6) is 0.114. The van der Waals surface area contributed by atoms with Crippen LogP contribution in [0.25, 0.3) is 0 Å². The molecule has 2 N–H and O–H groups in total. The highest BCUT2D eigenvalue weighted by molar-refractivity contribution is 9.10. The smallest absolute Gasteiger partial charge is 0.242 e. The van der Waals surface area contributed by atoms with Crippen molar-refractivity contribution < 1.29 is 4.79 Å². The fourth-order valence-corrected chi connectivity index (χ4v) is 2.26. The van der Waals surface area contributed by atoms with Crippen molar-refractivity contribution in [3.63, 3.8) is 0 Å². The molecule has 92 valence electrons. The van der Waals surface area contributed by atoms with Gasteiger partial charge in [-0.15, -0.1) is 0 Å². The van der Waals surface area contributed by atoms with Crippen molar-refractivity contribution >= 4 is 27.5 Å². The van der Waals surface area contributed by atoms with Crippen molar-refractivity contribution in [1.82, 2.24) is 5.32 Å². The predicted molar refractivity (Wildman–Crippen MR) is 73.2 cm³/mol. The first-order valence-electron chi connectivity index (χ1n) is 5.97. The summed E-state index contributed by atoms with van der Waals surface area (Å²) in [6, 6.07) is 5.96. The average Bonchev–Trinajstić information content (AvgIpc) is 2.50. The van der Waals surface area contributed by atoms with E-state index < -0.39 is 0 Å². The second-order valence-electron chi connectivity index (χ2n) is 4.45. The number of rotatable bonds is 2. The molecule has 1 aromatic rings. The van der Waals surface area contributed by atoms with Crippen LogP contribution in [0.2, 0.25) is 0 Å². The summed E-state index contributed by atoms with van der Waals surface area (Å²) in [6.07, 6.45) is 3.07. The summed E-state index contributed by atoms with van der Waals surface area (Å²) in [5, 5.41) is 6.24. The molecule has 0 spiro atoms. The normalized spacial score (nSPS) is 20.6. The number of benzene rings is 1. The van der Waals surface area contributed by atoms with E-state index >= 15 is 0 Å². The largest absolute Gasteiger partial charge is 0.374 e. The number of anilines is 1. The summed E-state index contributed by atoms with van der Waals surface area (Å²) < 4.78 is 1.09. The van der Waals surface area contributed by atoms with Crippen LogP contribution in [0, 0.1) is 6.92 Å². The van der Waals surface area contributed by atoms with E-state index in [2.05, 4.69) is 32.6 Å². The van der Waals surface area contributed by atoms with Crippen molar-refractivity contribution in [2.45, 2.75) is 32.2 Å². The number of carbonyl (C=O) groups is 1. The number of amides is 1. The van der Waals surface area contributed by atoms with Crippen LogP contribution in [0.5, 0.6) is 0 Å². The van der Waals surface area contributed by atoms with Crippen LogP contribution >= 0.6 is 15.9 Å². The molecule has 3 nitrogen and oxygen atoms in total. The minimum absolute atomic E-state index is 0.0990. The maximum Gasteiger partial charge on any atom is 0.242 e.